The Morgan fingerprint density at radius 1 is 0.765 bits per heavy atom. The Bertz CT molecular complexity index is 211. The molecule has 0 aliphatic heterocycles. The van der Waals surface area contributed by atoms with Gasteiger partial charge in [0, 0.05) is 0 Å². The van der Waals surface area contributed by atoms with Gasteiger partial charge in [0.2, 0.25) is 0 Å². The summed E-state index contributed by atoms with van der Waals surface area (Å²) in [4.78, 5) is 0. The van der Waals surface area contributed by atoms with E-state index in [1.54, 1.807) is 0 Å². The van der Waals surface area contributed by atoms with Crippen molar-refractivity contribution in [2.24, 2.45) is 0 Å². The Morgan fingerprint density at radius 3 is 1.41 bits per heavy atom. The summed E-state index contributed by atoms with van der Waals surface area (Å²) >= 11 is 0. The molecule has 0 saturated heterocycles. The molecule has 0 unspecified atom stereocenters. The fraction of sp³-hybridized carbons (Fsp3) is 0.647. The van der Waals surface area contributed by atoms with Crippen molar-refractivity contribution >= 4 is 0 Å². The van der Waals surface area contributed by atoms with E-state index in [1.807, 2.05) is 27.7 Å². The van der Waals surface area contributed by atoms with E-state index in [2.05, 4.69) is 52.0 Å². The van der Waals surface area contributed by atoms with Gasteiger partial charge in [0.1, 0.15) is 0 Å². The van der Waals surface area contributed by atoms with Crippen LogP contribution >= 0.6 is 0 Å². The van der Waals surface area contributed by atoms with Gasteiger partial charge in [0.05, 0.1) is 0 Å². The maximum atomic E-state index is 2.18. The summed E-state index contributed by atoms with van der Waals surface area (Å²) < 4.78 is 0. The molecule has 0 nitrogen and oxygen atoms in total. The van der Waals surface area contributed by atoms with Gasteiger partial charge in [-0.1, -0.05) is 85.6 Å². The summed E-state index contributed by atoms with van der Waals surface area (Å²) in [5, 5.41) is 0. The third-order valence-corrected chi connectivity index (χ3v) is 2.14. The Balaban J connectivity index is -0.000000208. The number of hydrogen-bond acceptors (Lipinski definition) is 0. The van der Waals surface area contributed by atoms with Crippen LogP contribution in [0.3, 0.4) is 0 Å². The van der Waals surface area contributed by atoms with Gasteiger partial charge >= 0.3 is 0 Å². The predicted molar refractivity (Wildman–Crippen MR) is 83.8 cm³/mol. The summed E-state index contributed by atoms with van der Waals surface area (Å²) in [5.41, 5.74) is 2.86. The maximum absolute atomic E-state index is 2.18. The summed E-state index contributed by atoms with van der Waals surface area (Å²) in [6, 6.07) is 8.49. The number of unbranched alkanes of at least 4 members (excludes halogenated alkanes) is 1. The highest BCUT2D eigenvalue weighted by Crippen LogP contribution is 2.06. The molecule has 1 aromatic rings. The van der Waals surface area contributed by atoms with Crippen LogP contribution in [-0.2, 0) is 6.42 Å². The zero-order valence-corrected chi connectivity index (χ0v) is 13.4. The topological polar surface area (TPSA) is 0 Å². The van der Waals surface area contributed by atoms with Gasteiger partial charge in [-0.15, -0.1) is 0 Å². The molecule has 0 saturated carbocycles. The van der Waals surface area contributed by atoms with Gasteiger partial charge < -0.3 is 0 Å². The summed E-state index contributed by atoms with van der Waals surface area (Å²) in [6.45, 7) is 16.7. The summed E-state index contributed by atoms with van der Waals surface area (Å²) in [6.07, 6.45) is 3.78. The molecule has 0 amide bonds. The van der Waals surface area contributed by atoms with Crippen molar-refractivity contribution in [3.8, 4) is 0 Å². The average Bonchev–Trinajstić information content (AvgIpc) is 2.44. The van der Waals surface area contributed by atoms with Crippen molar-refractivity contribution in [3.05, 3.63) is 35.4 Å². The lowest BCUT2D eigenvalue weighted by Gasteiger charge is -1.98. The van der Waals surface area contributed by atoms with Crippen LogP contribution in [-0.4, -0.2) is 0 Å². The molecule has 0 fully saturated rings. The predicted octanol–water partition coefficient (Wildman–Crippen LogP) is 6.42. The third kappa shape index (κ3) is 15.2. The number of hydrogen-bond donors (Lipinski definition) is 0. The van der Waals surface area contributed by atoms with Crippen molar-refractivity contribution in [1.29, 1.82) is 0 Å². The zero-order valence-electron chi connectivity index (χ0n) is 13.4. The minimum Gasteiger partial charge on any atom is -0.0683 e. The first kappa shape index (κ1) is 21.5. The first-order valence-electron chi connectivity index (χ1n) is 7.30. The van der Waals surface area contributed by atoms with Crippen LogP contribution in [0.2, 0.25) is 0 Å². The summed E-state index contributed by atoms with van der Waals surface area (Å²) in [5.74, 6) is 0. The first-order chi connectivity index (χ1) is 8.26. The van der Waals surface area contributed by atoms with Crippen LogP contribution in [0.4, 0.5) is 0 Å². The molecule has 0 atom stereocenters. The van der Waals surface area contributed by atoms with Crippen LogP contribution < -0.4 is 0 Å². The standard InChI is InChI=1S/C9H12.C4H10.2C2H6/c1-3-9-7-5-4-6-8(9)2;1-3-4-2;2*1-2/h4-7H,3H2,1-2H3;3-4H2,1-2H3;2*1-2H3. The summed E-state index contributed by atoms with van der Waals surface area (Å²) in [7, 11) is 0. The molecule has 0 heterocycles. The minimum absolute atomic E-state index is 1.15. The fourth-order valence-corrected chi connectivity index (χ4v) is 1.01. The normalized spacial score (nSPS) is 7.53. The lowest BCUT2D eigenvalue weighted by Crippen LogP contribution is -1.82. The van der Waals surface area contributed by atoms with E-state index in [0.29, 0.717) is 0 Å². The van der Waals surface area contributed by atoms with Crippen molar-refractivity contribution in [2.75, 3.05) is 0 Å². The van der Waals surface area contributed by atoms with E-state index in [-0.39, 0.29) is 0 Å². The molecule has 1 rings (SSSR count). The molecule has 0 radical (unpaired) electrons. The highest BCUT2D eigenvalue weighted by atomic mass is 13.9. The minimum atomic E-state index is 1.15. The second-order valence-corrected chi connectivity index (χ2v) is 3.28. The SMILES string of the molecule is CC.CC.CCCC.CCc1ccccc1C. The van der Waals surface area contributed by atoms with Gasteiger partial charge in [-0.3, -0.25) is 0 Å². The van der Waals surface area contributed by atoms with E-state index in [4.69, 9.17) is 0 Å². The van der Waals surface area contributed by atoms with Crippen LogP contribution in [0.5, 0.6) is 0 Å². The Labute approximate surface area is 110 Å². The lowest BCUT2D eigenvalue weighted by molar-refractivity contribution is 0.886. The van der Waals surface area contributed by atoms with Gasteiger partial charge in [-0.05, 0) is 24.5 Å². The molecule has 0 spiro atoms. The smallest absolute Gasteiger partial charge is 0.0305 e. The molecule has 0 N–H and O–H groups in total. The lowest BCUT2D eigenvalue weighted by atomic mass is 10.1. The molecule has 1 aromatic carbocycles. The monoisotopic (exact) mass is 238 g/mol. The van der Waals surface area contributed by atoms with E-state index >= 15 is 0 Å². The zero-order chi connectivity index (χ0) is 14.1. The number of rotatable bonds is 2. The van der Waals surface area contributed by atoms with Crippen molar-refractivity contribution in [3.63, 3.8) is 0 Å². The highest BCUT2D eigenvalue weighted by Gasteiger charge is 1.89. The number of benzene rings is 1. The van der Waals surface area contributed by atoms with E-state index < -0.39 is 0 Å². The molecule has 0 heteroatoms. The van der Waals surface area contributed by atoms with Crippen molar-refractivity contribution in [2.45, 2.75) is 74.7 Å². The van der Waals surface area contributed by atoms with Crippen LogP contribution in [0, 0.1) is 6.92 Å². The second-order valence-electron chi connectivity index (χ2n) is 3.28. The Kier molecular flexibility index (Phi) is 26.1. The van der Waals surface area contributed by atoms with E-state index in [0.717, 1.165) is 6.42 Å². The maximum Gasteiger partial charge on any atom is -0.0305 e. The molecule has 102 valence electrons. The van der Waals surface area contributed by atoms with Crippen molar-refractivity contribution in [1.82, 2.24) is 0 Å². The first-order valence-corrected chi connectivity index (χ1v) is 7.30. The highest BCUT2D eigenvalue weighted by molar-refractivity contribution is 5.24. The molecule has 17 heavy (non-hydrogen) atoms. The molecule has 0 bridgehead atoms. The Morgan fingerprint density at radius 2 is 1.18 bits per heavy atom. The molecule has 0 aromatic heterocycles. The second kappa shape index (κ2) is 20.6. The van der Waals surface area contributed by atoms with E-state index in [9.17, 15) is 0 Å². The van der Waals surface area contributed by atoms with Gasteiger partial charge in [-0.25, -0.2) is 0 Å². The Hall–Kier alpha value is -0.780. The molecule has 0 aliphatic rings. The molecular weight excluding hydrogens is 204 g/mol. The average molecular weight is 238 g/mol. The molecular formula is C17H34. The number of aryl methyl sites for hydroxylation is 2. The third-order valence-electron chi connectivity index (χ3n) is 2.14. The van der Waals surface area contributed by atoms with Gasteiger partial charge in [0.15, 0.2) is 0 Å². The fourth-order valence-electron chi connectivity index (χ4n) is 1.01. The van der Waals surface area contributed by atoms with Crippen LogP contribution in [0.1, 0.15) is 72.4 Å². The molecule has 0 aliphatic carbocycles. The largest absolute Gasteiger partial charge is 0.0683 e. The van der Waals surface area contributed by atoms with Crippen molar-refractivity contribution < 1.29 is 0 Å². The van der Waals surface area contributed by atoms with Gasteiger partial charge in [0.25, 0.3) is 0 Å². The van der Waals surface area contributed by atoms with Crippen LogP contribution in [0.15, 0.2) is 24.3 Å². The van der Waals surface area contributed by atoms with Gasteiger partial charge in [-0.2, -0.15) is 0 Å². The van der Waals surface area contributed by atoms with Crippen LogP contribution in [0.25, 0.3) is 0 Å². The quantitative estimate of drug-likeness (QED) is 0.558. The van der Waals surface area contributed by atoms with E-state index in [1.165, 1.54) is 24.0 Å².